The second-order valence-corrected chi connectivity index (χ2v) is 7.47. The molecular formula is C12H14N2O2S2. The second-order valence-electron chi connectivity index (χ2n) is 4.22. The molecule has 4 nitrogen and oxygen atoms in total. The van der Waals surface area contributed by atoms with Crippen molar-refractivity contribution in [1.29, 1.82) is 0 Å². The van der Waals surface area contributed by atoms with Crippen LogP contribution in [0.1, 0.15) is 16.1 Å². The van der Waals surface area contributed by atoms with Crippen molar-refractivity contribution < 1.29 is 8.42 Å². The molecule has 2 aromatic rings. The molecule has 0 saturated heterocycles. The van der Waals surface area contributed by atoms with Crippen LogP contribution in [0.2, 0.25) is 0 Å². The van der Waals surface area contributed by atoms with Gasteiger partial charge in [-0.1, -0.05) is 41.2 Å². The highest BCUT2D eigenvalue weighted by Crippen LogP contribution is 2.17. The van der Waals surface area contributed by atoms with Crippen molar-refractivity contribution in [3.05, 3.63) is 40.4 Å². The van der Waals surface area contributed by atoms with E-state index in [9.17, 15) is 8.42 Å². The predicted molar refractivity (Wildman–Crippen MR) is 71.6 cm³/mol. The highest BCUT2D eigenvalue weighted by Gasteiger charge is 2.14. The monoisotopic (exact) mass is 282 g/mol. The van der Waals surface area contributed by atoms with Crippen LogP contribution in [-0.2, 0) is 22.7 Å². The van der Waals surface area contributed by atoms with E-state index in [4.69, 9.17) is 0 Å². The summed E-state index contributed by atoms with van der Waals surface area (Å²) < 4.78 is 22.6. The zero-order valence-electron chi connectivity index (χ0n) is 10.3. The molecule has 96 valence electrons. The Balaban J connectivity index is 2.05. The maximum Gasteiger partial charge on any atom is 0.232 e. The van der Waals surface area contributed by atoms with Crippen molar-refractivity contribution in [2.24, 2.45) is 0 Å². The fourth-order valence-electron chi connectivity index (χ4n) is 1.61. The average Bonchev–Trinajstić information content (AvgIpc) is 2.74. The van der Waals surface area contributed by atoms with E-state index in [1.807, 2.05) is 6.07 Å². The van der Waals surface area contributed by atoms with E-state index in [0.717, 1.165) is 35.4 Å². The molecule has 0 aliphatic rings. The summed E-state index contributed by atoms with van der Waals surface area (Å²) in [6.45, 7) is 2.05. The Labute approximate surface area is 111 Å². The topological polar surface area (TPSA) is 59.9 Å². The van der Waals surface area contributed by atoms with Crippen molar-refractivity contribution in [2.45, 2.75) is 24.1 Å². The molecule has 0 unspecified atom stereocenters. The molecule has 6 heteroatoms. The Bertz CT molecular complexity index is 648. The molecule has 0 aliphatic heterocycles. The van der Waals surface area contributed by atoms with Gasteiger partial charge in [0, 0.05) is 12.7 Å². The fourth-order valence-corrected chi connectivity index (χ4v) is 3.26. The highest BCUT2D eigenvalue weighted by molar-refractivity contribution is 7.92. The van der Waals surface area contributed by atoms with Gasteiger partial charge >= 0.3 is 0 Å². The van der Waals surface area contributed by atoms with E-state index in [-0.39, 0.29) is 4.34 Å². The van der Waals surface area contributed by atoms with Gasteiger partial charge in [0.2, 0.25) is 14.2 Å². The van der Waals surface area contributed by atoms with Crippen LogP contribution in [-0.4, -0.2) is 24.9 Å². The molecule has 1 heterocycles. The maximum atomic E-state index is 11.3. The highest BCUT2D eigenvalue weighted by atomic mass is 32.2. The van der Waals surface area contributed by atoms with Gasteiger partial charge in [-0.15, -0.1) is 10.2 Å². The molecule has 18 heavy (non-hydrogen) atoms. The van der Waals surface area contributed by atoms with Crippen LogP contribution in [0.5, 0.6) is 0 Å². The second kappa shape index (κ2) is 5.16. The fraction of sp³-hybridized carbons (Fsp3) is 0.333. The minimum absolute atomic E-state index is 0.0988. The molecular weight excluding hydrogens is 268 g/mol. The molecule has 0 radical (unpaired) electrons. The van der Waals surface area contributed by atoms with Crippen LogP contribution < -0.4 is 0 Å². The van der Waals surface area contributed by atoms with Gasteiger partial charge in [-0.3, -0.25) is 0 Å². The average molecular weight is 282 g/mol. The van der Waals surface area contributed by atoms with Crippen LogP contribution in [0.3, 0.4) is 0 Å². The van der Waals surface area contributed by atoms with Gasteiger partial charge in [-0.25, -0.2) is 8.42 Å². The van der Waals surface area contributed by atoms with E-state index in [1.54, 1.807) is 0 Å². The third-order valence-corrected chi connectivity index (χ3v) is 5.13. The van der Waals surface area contributed by atoms with Gasteiger partial charge in [-0.2, -0.15) is 0 Å². The third-order valence-electron chi connectivity index (χ3n) is 2.48. The molecule has 0 N–H and O–H groups in total. The minimum Gasteiger partial charge on any atom is -0.221 e. The van der Waals surface area contributed by atoms with Gasteiger partial charge in [0.1, 0.15) is 5.01 Å². The summed E-state index contributed by atoms with van der Waals surface area (Å²) in [5, 5.41) is 8.37. The lowest BCUT2D eigenvalue weighted by atomic mass is 10.1. The molecule has 0 saturated carbocycles. The Morgan fingerprint density at radius 1 is 1.22 bits per heavy atom. The Morgan fingerprint density at radius 2 is 2.00 bits per heavy atom. The van der Waals surface area contributed by atoms with E-state index < -0.39 is 9.84 Å². The van der Waals surface area contributed by atoms with Gasteiger partial charge in [-0.05, 0) is 18.9 Å². The summed E-state index contributed by atoms with van der Waals surface area (Å²) in [5.74, 6) is 0. The zero-order chi connectivity index (χ0) is 13.2. The number of hydrogen-bond acceptors (Lipinski definition) is 5. The van der Waals surface area contributed by atoms with Gasteiger partial charge in [0.15, 0.2) is 0 Å². The third kappa shape index (κ3) is 3.36. The molecule has 0 amide bonds. The number of benzene rings is 1. The molecule has 2 rings (SSSR count). The first-order valence-electron chi connectivity index (χ1n) is 5.53. The van der Waals surface area contributed by atoms with Gasteiger partial charge in [0.05, 0.1) is 0 Å². The number of hydrogen-bond donors (Lipinski definition) is 0. The first kappa shape index (κ1) is 13.2. The Kier molecular flexibility index (Phi) is 3.77. The van der Waals surface area contributed by atoms with E-state index in [1.165, 1.54) is 11.1 Å². The number of sulfone groups is 1. The lowest BCUT2D eigenvalue weighted by Crippen LogP contribution is -1.95. The molecule has 0 bridgehead atoms. The van der Waals surface area contributed by atoms with Gasteiger partial charge in [0.25, 0.3) is 0 Å². The molecule has 0 fully saturated rings. The van der Waals surface area contributed by atoms with Crippen LogP contribution >= 0.6 is 11.3 Å². The molecule has 1 aromatic carbocycles. The van der Waals surface area contributed by atoms with Crippen LogP contribution in [0.15, 0.2) is 28.6 Å². The van der Waals surface area contributed by atoms with E-state index in [2.05, 4.69) is 35.3 Å². The van der Waals surface area contributed by atoms with Crippen molar-refractivity contribution in [1.82, 2.24) is 10.2 Å². The number of nitrogens with zero attached hydrogens (tertiary/aromatic N) is 2. The number of rotatable bonds is 4. The zero-order valence-corrected chi connectivity index (χ0v) is 11.9. The van der Waals surface area contributed by atoms with E-state index in [0.29, 0.717) is 0 Å². The first-order chi connectivity index (χ1) is 8.45. The van der Waals surface area contributed by atoms with E-state index >= 15 is 0 Å². The lowest BCUT2D eigenvalue weighted by molar-refractivity contribution is 0.600. The largest absolute Gasteiger partial charge is 0.232 e. The first-order valence-corrected chi connectivity index (χ1v) is 8.24. The predicted octanol–water partition coefficient (Wildman–Crippen LogP) is 2.04. The molecule has 0 atom stereocenters. The normalized spacial score (nSPS) is 11.7. The van der Waals surface area contributed by atoms with Crippen molar-refractivity contribution in [2.75, 3.05) is 6.26 Å². The summed E-state index contributed by atoms with van der Waals surface area (Å²) >= 11 is 1.15. The van der Waals surface area contributed by atoms with Gasteiger partial charge < -0.3 is 0 Å². The minimum atomic E-state index is -3.23. The van der Waals surface area contributed by atoms with Crippen LogP contribution in [0.4, 0.5) is 0 Å². The summed E-state index contributed by atoms with van der Waals surface area (Å²) in [6, 6.07) is 8.26. The van der Waals surface area contributed by atoms with Crippen molar-refractivity contribution in [3.63, 3.8) is 0 Å². The van der Waals surface area contributed by atoms with Crippen molar-refractivity contribution in [3.8, 4) is 0 Å². The smallest absolute Gasteiger partial charge is 0.221 e. The Morgan fingerprint density at radius 3 is 2.61 bits per heavy atom. The Hall–Kier alpha value is -1.27. The molecule has 0 spiro atoms. The maximum absolute atomic E-state index is 11.3. The standard InChI is InChI=1S/C12H14N2O2S2/c1-9-4-3-5-10(8-9)6-7-11-13-14-12(17-11)18(2,15)16/h3-5,8H,6-7H2,1-2H3. The quantitative estimate of drug-likeness (QED) is 0.861. The summed E-state index contributed by atoms with van der Waals surface area (Å²) in [6.07, 6.45) is 2.72. The van der Waals surface area contributed by atoms with Crippen LogP contribution in [0.25, 0.3) is 0 Å². The lowest BCUT2D eigenvalue weighted by Gasteiger charge is -1.99. The number of aromatic nitrogens is 2. The summed E-state index contributed by atoms with van der Waals surface area (Å²) in [7, 11) is -3.23. The summed E-state index contributed by atoms with van der Waals surface area (Å²) in [4.78, 5) is 0. The van der Waals surface area contributed by atoms with Crippen molar-refractivity contribution >= 4 is 21.2 Å². The molecule has 1 aromatic heterocycles. The van der Waals surface area contributed by atoms with Crippen LogP contribution in [0, 0.1) is 6.92 Å². The number of aryl methyl sites for hydroxylation is 3. The summed E-state index contributed by atoms with van der Waals surface area (Å²) in [5.41, 5.74) is 2.45. The SMILES string of the molecule is Cc1cccc(CCc2nnc(S(C)(=O)=O)s2)c1. The molecule has 0 aliphatic carbocycles.